The molecule has 2 aliphatic heterocycles. The van der Waals surface area contributed by atoms with Crippen LogP contribution in [0.3, 0.4) is 0 Å². The fraction of sp³-hybridized carbons (Fsp3) is 0.500. The number of hydrogen-bond acceptors (Lipinski definition) is 7. The van der Waals surface area contributed by atoms with Crippen LogP contribution in [-0.2, 0) is 33.4 Å². The molecule has 0 aliphatic carbocycles. The molecule has 1 aromatic carbocycles. The van der Waals surface area contributed by atoms with E-state index in [0.717, 1.165) is 5.56 Å². The molecule has 0 bridgehead atoms. The van der Waals surface area contributed by atoms with E-state index >= 15 is 0 Å². The number of cyclic esters (lactones) is 2. The number of ether oxygens (including phenoxy) is 3. The number of amides is 2. The number of rotatable bonds is 6. The summed E-state index contributed by atoms with van der Waals surface area (Å²) in [5.41, 5.74) is -0.128. The lowest BCUT2D eigenvalue weighted by atomic mass is 9.93. The zero-order valence-corrected chi connectivity index (χ0v) is 24.8. The average Bonchev–Trinajstić information content (AvgIpc) is 3.57. The van der Waals surface area contributed by atoms with Crippen molar-refractivity contribution in [2.45, 2.75) is 78.0 Å². The lowest BCUT2D eigenvalue weighted by molar-refractivity contribution is -0.179. The third-order valence-corrected chi connectivity index (χ3v) is 7.57. The number of carbonyl (C=O) groups excluding carboxylic acids is 4. The number of hydrogen-bond donors (Lipinski definition) is 2. The Hall–Kier alpha value is -3.92. The molecule has 0 unspecified atom stereocenters. The molecule has 6 atom stereocenters. The van der Waals surface area contributed by atoms with Crippen LogP contribution in [0.4, 0.5) is 0 Å². The summed E-state index contributed by atoms with van der Waals surface area (Å²) in [7, 11) is 0. The van der Waals surface area contributed by atoms with Gasteiger partial charge < -0.3 is 29.4 Å². The molecule has 2 aromatic rings. The molecule has 42 heavy (non-hydrogen) atoms. The standard InChI is InChI=1S/C32H41N3O7/c1-20(2)18-24-30(38)40-23(21(3)26-27(42-26)22-12-7-6-8-13-22)14-11-15-25(36)34-28(35-16-9-10-17-35)29(37)33-19-32(4,5)31(39)41-24/h6-13,15-17,20-21,23-24,26-28H,14,18-19H2,1-5H3,(H,33,37)(H,34,36)/b15-11+/t21-,23-,24-,26+,27+,28+/m0/s1. The molecule has 226 valence electrons. The molecule has 2 amide bonds. The van der Waals surface area contributed by atoms with Gasteiger partial charge in [-0.2, -0.15) is 0 Å². The predicted molar refractivity (Wildman–Crippen MR) is 155 cm³/mol. The molecule has 10 heteroatoms. The topological polar surface area (TPSA) is 128 Å². The maximum atomic E-state index is 13.5. The van der Waals surface area contributed by atoms with Crippen LogP contribution in [0.2, 0.25) is 0 Å². The molecule has 0 spiro atoms. The van der Waals surface area contributed by atoms with Crippen molar-refractivity contribution in [1.29, 1.82) is 0 Å². The minimum atomic E-state index is -1.16. The van der Waals surface area contributed by atoms with Crippen molar-refractivity contribution in [1.82, 2.24) is 15.2 Å². The van der Waals surface area contributed by atoms with Crippen molar-refractivity contribution >= 4 is 23.8 Å². The maximum Gasteiger partial charge on any atom is 0.347 e. The number of esters is 2. The fourth-order valence-corrected chi connectivity index (χ4v) is 4.92. The number of nitrogens with one attached hydrogen (secondary N) is 2. The Labute approximate surface area is 246 Å². The molecular weight excluding hydrogens is 538 g/mol. The molecule has 0 radical (unpaired) electrons. The molecule has 2 aliphatic rings. The first-order valence-corrected chi connectivity index (χ1v) is 14.5. The Bertz CT molecular complexity index is 1270. The number of aromatic nitrogens is 1. The minimum Gasteiger partial charge on any atom is -0.459 e. The van der Waals surface area contributed by atoms with Crippen molar-refractivity contribution in [3.05, 3.63) is 72.6 Å². The van der Waals surface area contributed by atoms with Crippen molar-refractivity contribution in [3.8, 4) is 0 Å². The lowest BCUT2D eigenvalue weighted by Crippen LogP contribution is -2.48. The van der Waals surface area contributed by atoms with E-state index in [2.05, 4.69) is 10.6 Å². The Kier molecular flexibility index (Phi) is 9.88. The van der Waals surface area contributed by atoms with Crippen LogP contribution < -0.4 is 10.6 Å². The van der Waals surface area contributed by atoms with E-state index < -0.39 is 47.5 Å². The SMILES string of the molecule is CC(C)C[C@@H]1OC(=O)C(C)(C)CNC(=O)[C@@H](n2cccc2)NC(=O)/C=C/C[C@@H]([C@H](C)[C@H]2O[C@@H]2c2ccccc2)OC1=O. The van der Waals surface area contributed by atoms with Crippen molar-refractivity contribution in [2.24, 2.45) is 17.3 Å². The summed E-state index contributed by atoms with van der Waals surface area (Å²) < 4.78 is 19.3. The first kappa shape index (κ1) is 31.0. The van der Waals surface area contributed by atoms with Gasteiger partial charge in [0.25, 0.3) is 5.91 Å². The molecule has 10 nitrogen and oxygen atoms in total. The summed E-state index contributed by atoms with van der Waals surface area (Å²) in [6.07, 6.45) is 3.64. The van der Waals surface area contributed by atoms with E-state index in [4.69, 9.17) is 14.2 Å². The molecule has 3 heterocycles. The molecule has 1 fully saturated rings. The van der Waals surface area contributed by atoms with Gasteiger partial charge in [-0.15, -0.1) is 0 Å². The van der Waals surface area contributed by atoms with Gasteiger partial charge in [0.2, 0.25) is 5.91 Å². The second kappa shape index (κ2) is 13.4. The highest BCUT2D eigenvalue weighted by Gasteiger charge is 2.48. The summed E-state index contributed by atoms with van der Waals surface area (Å²) in [6.45, 7) is 8.98. The second-order valence-electron chi connectivity index (χ2n) is 12.1. The smallest absolute Gasteiger partial charge is 0.347 e. The van der Waals surface area contributed by atoms with Crippen molar-refractivity contribution in [3.63, 3.8) is 0 Å². The predicted octanol–water partition coefficient (Wildman–Crippen LogP) is 3.85. The van der Waals surface area contributed by atoms with Crippen LogP contribution in [0, 0.1) is 17.3 Å². The zero-order valence-electron chi connectivity index (χ0n) is 24.8. The molecule has 2 N–H and O–H groups in total. The molecular formula is C32H41N3O7. The summed E-state index contributed by atoms with van der Waals surface area (Å²) in [5.74, 6) is -2.46. The third-order valence-electron chi connectivity index (χ3n) is 7.57. The Morgan fingerprint density at radius 1 is 0.976 bits per heavy atom. The van der Waals surface area contributed by atoms with E-state index in [1.807, 2.05) is 51.1 Å². The summed E-state index contributed by atoms with van der Waals surface area (Å²) in [5, 5.41) is 5.45. The normalized spacial score (nSPS) is 28.7. The maximum absolute atomic E-state index is 13.5. The number of benzene rings is 1. The van der Waals surface area contributed by atoms with Gasteiger partial charge in [0.1, 0.15) is 12.2 Å². The Balaban J connectivity index is 1.61. The fourth-order valence-electron chi connectivity index (χ4n) is 4.92. The zero-order chi connectivity index (χ0) is 30.4. The molecule has 4 rings (SSSR count). The van der Waals surface area contributed by atoms with E-state index in [1.165, 1.54) is 6.08 Å². The summed E-state index contributed by atoms with van der Waals surface area (Å²) in [6, 6.07) is 13.3. The van der Waals surface area contributed by atoms with Crippen molar-refractivity contribution < 1.29 is 33.4 Å². The van der Waals surface area contributed by atoms with Gasteiger partial charge in [-0.1, -0.05) is 57.2 Å². The van der Waals surface area contributed by atoms with Gasteiger partial charge >= 0.3 is 11.9 Å². The van der Waals surface area contributed by atoms with E-state index in [-0.39, 0.29) is 43.4 Å². The van der Waals surface area contributed by atoms with Crippen LogP contribution in [0.25, 0.3) is 0 Å². The van der Waals surface area contributed by atoms with E-state index in [9.17, 15) is 19.2 Å². The Morgan fingerprint density at radius 3 is 2.33 bits per heavy atom. The van der Waals surface area contributed by atoms with Gasteiger partial charge in [-0.05, 0) is 50.0 Å². The van der Waals surface area contributed by atoms with E-state index in [1.54, 1.807) is 49.0 Å². The van der Waals surface area contributed by atoms with Gasteiger partial charge in [0.05, 0.1) is 11.5 Å². The van der Waals surface area contributed by atoms with Crippen LogP contribution in [-0.4, -0.2) is 53.2 Å². The quantitative estimate of drug-likeness (QED) is 0.393. The summed E-state index contributed by atoms with van der Waals surface area (Å²) in [4.78, 5) is 52.8. The largest absolute Gasteiger partial charge is 0.459 e. The molecule has 1 saturated heterocycles. The average molecular weight is 580 g/mol. The first-order chi connectivity index (χ1) is 20.0. The number of carbonyl (C=O) groups is 4. The van der Waals surface area contributed by atoms with Crippen LogP contribution in [0.5, 0.6) is 0 Å². The highest BCUT2D eigenvalue weighted by Crippen LogP contribution is 2.45. The van der Waals surface area contributed by atoms with Crippen molar-refractivity contribution in [2.75, 3.05) is 6.54 Å². The minimum absolute atomic E-state index is 0.0415. The van der Waals surface area contributed by atoms with Gasteiger partial charge in [-0.25, -0.2) is 4.79 Å². The molecule has 1 aromatic heterocycles. The monoisotopic (exact) mass is 579 g/mol. The van der Waals surface area contributed by atoms with E-state index in [0.29, 0.717) is 0 Å². The second-order valence-corrected chi connectivity index (χ2v) is 12.1. The Morgan fingerprint density at radius 2 is 1.67 bits per heavy atom. The highest BCUT2D eigenvalue weighted by molar-refractivity contribution is 5.92. The summed E-state index contributed by atoms with van der Waals surface area (Å²) >= 11 is 0. The first-order valence-electron chi connectivity index (χ1n) is 14.5. The van der Waals surface area contributed by atoms with Gasteiger partial charge in [0.15, 0.2) is 12.3 Å². The third kappa shape index (κ3) is 7.88. The van der Waals surface area contributed by atoms with Crippen LogP contribution in [0.1, 0.15) is 65.3 Å². The van der Waals surface area contributed by atoms with Crippen LogP contribution in [0.15, 0.2) is 67.0 Å². The van der Waals surface area contributed by atoms with Gasteiger partial charge in [-0.3, -0.25) is 14.4 Å². The number of epoxide rings is 1. The highest BCUT2D eigenvalue weighted by atomic mass is 16.6. The lowest BCUT2D eigenvalue weighted by Gasteiger charge is -2.29. The molecule has 0 saturated carbocycles. The number of nitrogens with zero attached hydrogens (tertiary/aromatic N) is 1. The van der Waals surface area contributed by atoms with Crippen LogP contribution >= 0.6 is 0 Å². The van der Waals surface area contributed by atoms with Gasteiger partial charge in [0, 0.05) is 31.3 Å².